The fourth-order valence-corrected chi connectivity index (χ4v) is 3.46. The minimum absolute atomic E-state index is 0.0707. The van der Waals surface area contributed by atoms with Gasteiger partial charge >= 0.3 is 0 Å². The van der Waals surface area contributed by atoms with Crippen LogP contribution in [0.2, 0.25) is 0 Å². The molecule has 2 saturated heterocycles. The van der Waals surface area contributed by atoms with Crippen molar-refractivity contribution in [3.63, 3.8) is 0 Å². The van der Waals surface area contributed by atoms with Gasteiger partial charge in [0.25, 0.3) is 16.1 Å². The van der Waals surface area contributed by atoms with Crippen LogP contribution in [0, 0.1) is 0 Å². The Balaban J connectivity index is 1.84. The lowest BCUT2D eigenvalue weighted by atomic mass is 10.2. The third-order valence-electron chi connectivity index (χ3n) is 3.67. The van der Waals surface area contributed by atoms with Gasteiger partial charge in [-0.1, -0.05) is 0 Å². The van der Waals surface area contributed by atoms with E-state index in [1.54, 1.807) is 0 Å². The number of hydroxylamine groups is 1. The standard InChI is InChI=1S/C12H24N4O5S/c1-15(2)22(18,19)16-7-6-13-10(9-16)12(17)14-21-11-5-3-4-8-20-11/h10-11,13H,3-9H2,1-2H3,(H,14,17). The SMILES string of the molecule is CN(C)S(=O)(=O)N1CCNC(C(=O)NOC2CCCCO2)C1. The molecule has 2 unspecified atom stereocenters. The van der Waals surface area contributed by atoms with Gasteiger partial charge in [-0.3, -0.25) is 4.79 Å². The van der Waals surface area contributed by atoms with Crippen molar-refractivity contribution in [1.82, 2.24) is 19.4 Å². The van der Waals surface area contributed by atoms with Crippen LogP contribution in [0.4, 0.5) is 0 Å². The molecule has 0 aromatic heterocycles. The number of carbonyl (C=O) groups excluding carboxylic acids is 1. The highest BCUT2D eigenvalue weighted by Gasteiger charge is 2.33. The Hall–Kier alpha value is -0.780. The number of rotatable bonds is 5. The van der Waals surface area contributed by atoms with Crippen molar-refractivity contribution < 1.29 is 22.8 Å². The number of nitrogens with zero attached hydrogens (tertiary/aromatic N) is 2. The van der Waals surface area contributed by atoms with Gasteiger partial charge in [0.2, 0.25) is 0 Å². The molecule has 2 heterocycles. The molecular formula is C12H24N4O5S. The number of hydrogen-bond donors (Lipinski definition) is 2. The molecule has 2 N–H and O–H groups in total. The van der Waals surface area contributed by atoms with Crippen LogP contribution in [-0.4, -0.2) is 75.6 Å². The Kier molecular flexibility index (Phi) is 6.12. The molecule has 128 valence electrons. The van der Waals surface area contributed by atoms with Gasteiger partial charge in [0.15, 0.2) is 6.29 Å². The molecule has 0 bridgehead atoms. The average Bonchev–Trinajstić information content (AvgIpc) is 2.53. The fourth-order valence-electron chi connectivity index (χ4n) is 2.34. The number of piperazine rings is 1. The quantitative estimate of drug-likeness (QED) is 0.602. The number of carbonyl (C=O) groups is 1. The van der Waals surface area contributed by atoms with Crippen molar-refractivity contribution in [2.45, 2.75) is 31.6 Å². The molecule has 0 aromatic carbocycles. The summed E-state index contributed by atoms with van der Waals surface area (Å²) in [7, 11) is -0.584. The topological polar surface area (TPSA) is 100 Å². The summed E-state index contributed by atoms with van der Waals surface area (Å²) in [5.41, 5.74) is 2.36. The summed E-state index contributed by atoms with van der Waals surface area (Å²) >= 11 is 0. The van der Waals surface area contributed by atoms with Crippen molar-refractivity contribution in [3.05, 3.63) is 0 Å². The van der Waals surface area contributed by atoms with Crippen molar-refractivity contribution in [2.75, 3.05) is 40.3 Å². The van der Waals surface area contributed by atoms with Crippen molar-refractivity contribution in [1.29, 1.82) is 0 Å². The average molecular weight is 336 g/mol. The zero-order chi connectivity index (χ0) is 16.2. The second kappa shape index (κ2) is 7.66. The van der Waals surface area contributed by atoms with Crippen LogP contribution in [0.25, 0.3) is 0 Å². The van der Waals surface area contributed by atoms with E-state index in [-0.39, 0.29) is 6.54 Å². The first-order valence-electron chi connectivity index (χ1n) is 7.39. The Labute approximate surface area is 131 Å². The molecule has 10 heteroatoms. The van der Waals surface area contributed by atoms with Gasteiger partial charge < -0.3 is 10.1 Å². The summed E-state index contributed by atoms with van der Waals surface area (Å²) < 4.78 is 32.0. The van der Waals surface area contributed by atoms with Gasteiger partial charge in [0.1, 0.15) is 6.04 Å². The van der Waals surface area contributed by atoms with Crippen LogP contribution in [0.1, 0.15) is 19.3 Å². The molecular weight excluding hydrogens is 312 g/mol. The highest BCUT2D eigenvalue weighted by Crippen LogP contribution is 2.13. The van der Waals surface area contributed by atoms with Crippen LogP contribution in [-0.2, 0) is 24.6 Å². The molecule has 2 rings (SSSR count). The van der Waals surface area contributed by atoms with Crippen LogP contribution < -0.4 is 10.8 Å². The van der Waals surface area contributed by atoms with E-state index in [1.807, 2.05) is 0 Å². The Morgan fingerprint density at radius 3 is 2.82 bits per heavy atom. The third kappa shape index (κ3) is 4.37. The Morgan fingerprint density at radius 1 is 1.41 bits per heavy atom. The molecule has 2 atom stereocenters. The largest absolute Gasteiger partial charge is 0.350 e. The summed E-state index contributed by atoms with van der Waals surface area (Å²) in [5, 5.41) is 2.99. The molecule has 0 saturated carbocycles. The van der Waals surface area contributed by atoms with E-state index < -0.39 is 28.4 Å². The summed E-state index contributed by atoms with van der Waals surface area (Å²) in [4.78, 5) is 17.3. The van der Waals surface area contributed by atoms with E-state index in [0.29, 0.717) is 19.7 Å². The minimum Gasteiger partial charge on any atom is -0.350 e. The lowest BCUT2D eigenvalue weighted by Crippen LogP contribution is -2.59. The second-order valence-corrected chi connectivity index (χ2v) is 7.68. The van der Waals surface area contributed by atoms with Gasteiger partial charge in [0, 0.05) is 46.8 Å². The lowest BCUT2D eigenvalue weighted by Gasteiger charge is -2.33. The normalized spacial score (nSPS) is 27.8. The number of nitrogens with one attached hydrogen (secondary N) is 2. The smallest absolute Gasteiger partial charge is 0.281 e. The number of amides is 1. The number of ether oxygens (including phenoxy) is 1. The van der Waals surface area contributed by atoms with Crippen LogP contribution in [0.3, 0.4) is 0 Å². The maximum Gasteiger partial charge on any atom is 0.281 e. The molecule has 0 aromatic rings. The molecule has 2 fully saturated rings. The van der Waals surface area contributed by atoms with E-state index >= 15 is 0 Å². The molecule has 0 spiro atoms. The van der Waals surface area contributed by atoms with E-state index in [4.69, 9.17) is 9.57 Å². The summed E-state index contributed by atoms with van der Waals surface area (Å²) in [5.74, 6) is -0.396. The Bertz CT molecular complexity index is 478. The van der Waals surface area contributed by atoms with Gasteiger partial charge in [-0.2, -0.15) is 17.0 Å². The summed E-state index contributed by atoms with van der Waals surface area (Å²) in [6.45, 7) is 1.43. The molecule has 0 aliphatic carbocycles. The predicted molar refractivity (Wildman–Crippen MR) is 78.8 cm³/mol. The van der Waals surface area contributed by atoms with E-state index in [9.17, 15) is 13.2 Å². The molecule has 2 aliphatic rings. The molecule has 1 amide bonds. The van der Waals surface area contributed by atoms with Crippen molar-refractivity contribution in [3.8, 4) is 0 Å². The second-order valence-electron chi connectivity index (χ2n) is 5.54. The molecule has 22 heavy (non-hydrogen) atoms. The predicted octanol–water partition coefficient (Wildman–Crippen LogP) is -1.36. The summed E-state index contributed by atoms with van der Waals surface area (Å²) in [6, 6.07) is -0.646. The maximum atomic E-state index is 12.1. The zero-order valence-corrected chi connectivity index (χ0v) is 13.8. The molecule has 0 radical (unpaired) electrons. The minimum atomic E-state index is -3.52. The van der Waals surface area contributed by atoms with Crippen molar-refractivity contribution >= 4 is 16.1 Å². The molecule has 2 aliphatic heterocycles. The van der Waals surface area contributed by atoms with Crippen molar-refractivity contribution in [2.24, 2.45) is 0 Å². The number of hydrogen-bond acceptors (Lipinski definition) is 6. The highest BCUT2D eigenvalue weighted by molar-refractivity contribution is 7.86. The monoisotopic (exact) mass is 336 g/mol. The third-order valence-corrected chi connectivity index (χ3v) is 5.58. The van der Waals surface area contributed by atoms with Gasteiger partial charge in [0.05, 0.1) is 0 Å². The van der Waals surface area contributed by atoms with Crippen LogP contribution >= 0.6 is 0 Å². The van der Waals surface area contributed by atoms with Gasteiger partial charge in [-0.15, -0.1) is 0 Å². The first kappa shape index (κ1) is 17.6. The van der Waals surface area contributed by atoms with Crippen LogP contribution in [0.15, 0.2) is 0 Å². The van der Waals surface area contributed by atoms with E-state index in [2.05, 4.69) is 10.8 Å². The van der Waals surface area contributed by atoms with E-state index in [0.717, 1.165) is 23.6 Å². The first-order valence-corrected chi connectivity index (χ1v) is 8.79. The van der Waals surface area contributed by atoms with Crippen LogP contribution in [0.5, 0.6) is 0 Å². The lowest BCUT2D eigenvalue weighted by molar-refractivity contribution is -0.201. The zero-order valence-electron chi connectivity index (χ0n) is 12.9. The fraction of sp³-hybridized carbons (Fsp3) is 0.917. The highest BCUT2D eigenvalue weighted by atomic mass is 32.2. The molecule has 9 nitrogen and oxygen atoms in total. The van der Waals surface area contributed by atoms with Gasteiger partial charge in [-0.05, 0) is 12.8 Å². The maximum absolute atomic E-state index is 12.1. The van der Waals surface area contributed by atoms with Gasteiger partial charge in [-0.25, -0.2) is 10.3 Å². The summed E-state index contributed by atoms with van der Waals surface area (Å²) in [6.07, 6.45) is 2.30. The van der Waals surface area contributed by atoms with E-state index in [1.165, 1.54) is 18.4 Å². The Morgan fingerprint density at radius 2 is 2.18 bits per heavy atom. The first-order chi connectivity index (χ1) is 10.4.